The minimum absolute atomic E-state index is 0.195. The molecule has 20 heavy (non-hydrogen) atoms. The molecule has 0 aliphatic carbocycles. The van der Waals surface area contributed by atoms with Crippen LogP contribution in [0.4, 0.5) is 0 Å². The van der Waals surface area contributed by atoms with Gasteiger partial charge in [-0.3, -0.25) is 0 Å². The van der Waals surface area contributed by atoms with E-state index in [-0.39, 0.29) is 12.0 Å². The standard InChI is InChI=1S/C17H17NO2/c1-3-14(17(19)20-2)18-15-10-6-4-8-12(15)13-9-5-7-11-16(13)18/h4-11,14H,3H2,1-2H3. The van der Waals surface area contributed by atoms with Gasteiger partial charge in [0.15, 0.2) is 0 Å². The molecule has 102 valence electrons. The van der Waals surface area contributed by atoms with Gasteiger partial charge in [-0.1, -0.05) is 43.3 Å². The zero-order valence-corrected chi connectivity index (χ0v) is 11.7. The number of fused-ring (bicyclic) bond motifs is 3. The normalized spacial score (nSPS) is 12.7. The van der Waals surface area contributed by atoms with Crippen LogP contribution in [-0.2, 0) is 9.53 Å². The Kier molecular flexibility index (Phi) is 3.18. The van der Waals surface area contributed by atoms with Crippen molar-refractivity contribution in [2.45, 2.75) is 19.4 Å². The van der Waals surface area contributed by atoms with Crippen LogP contribution in [0.25, 0.3) is 21.8 Å². The van der Waals surface area contributed by atoms with E-state index in [2.05, 4.69) is 28.8 Å². The molecule has 0 bridgehead atoms. The van der Waals surface area contributed by atoms with Crippen LogP contribution in [0.2, 0.25) is 0 Å². The van der Waals surface area contributed by atoms with E-state index in [1.165, 1.54) is 17.9 Å². The summed E-state index contributed by atoms with van der Waals surface area (Å²) in [5.41, 5.74) is 2.15. The van der Waals surface area contributed by atoms with E-state index in [0.29, 0.717) is 6.42 Å². The van der Waals surface area contributed by atoms with Gasteiger partial charge in [-0.05, 0) is 18.6 Å². The van der Waals surface area contributed by atoms with E-state index in [4.69, 9.17) is 4.74 Å². The number of nitrogens with zero attached hydrogens (tertiary/aromatic N) is 1. The largest absolute Gasteiger partial charge is 0.467 e. The van der Waals surface area contributed by atoms with Crippen molar-refractivity contribution in [3.05, 3.63) is 48.5 Å². The van der Waals surface area contributed by atoms with Gasteiger partial charge in [0.25, 0.3) is 0 Å². The maximum atomic E-state index is 12.1. The lowest BCUT2D eigenvalue weighted by Crippen LogP contribution is -2.19. The Labute approximate surface area is 117 Å². The second kappa shape index (κ2) is 5.00. The van der Waals surface area contributed by atoms with E-state index in [9.17, 15) is 4.79 Å². The molecule has 3 aromatic rings. The highest BCUT2D eigenvalue weighted by atomic mass is 16.5. The fourth-order valence-electron chi connectivity index (χ4n) is 2.88. The summed E-state index contributed by atoms with van der Waals surface area (Å²) < 4.78 is 7.06. The number of esters is 1. The number of hydrogen-bond donors (Lipinski definition) is 0. The molecule has 1 aromatic heterocycles. The number of hydrogen-bond acceptors (Lipinski definition) is 2. The summed E-state index contributed by atoms with van der Waals surface area (Å²) in [4.78, 5) is 12.1. The lowest BCUT2D eigenvalue weighted by atomic mass is 10.2. The quantitative estimate of drug-likeness (QED) is 0.673. The summed E-state index contributed by atoms with van der Waals surface area (Å²) in [7, 11) is 1.44. The molecule has 0 radical (unpaired) electrons. The molecule has 0 aliphatic rings. The van der Waals surface area contributed by atoms with Gasteiger partial charge < -0.3 is 9.30 Å². The molecule has 1 heterocycles. The van der Waals surface area contributed by atoms with Crippen LogP contribution in [0.5, 0.6) is 0 Å². The summed E-state index contributed by atoms with van der Waals surface area (Å²) in [6, 6.07) is 16.1. The second-order valence-electron chi connectivity index (χ2n) is 4.85. The van der Waals surface area contributed by atoms with Crippen molar-refractivity contribution in [3.63, 3.8) is 0 Å². The minimum Gasteiger partial charge on any atom is -0.467 e. The molecule has 0 N–H and O–H groups in total. The number of aromatic nitrogens is 1. The summed E-state index contributed by atoms with van der Waals surface area (Å²) >= 11 is 0. The molecule has 1 unspecified atom stereocenters. The topological polar surface area (TPSA) is 31.2 Å². The zero-order chi connectivity index (χ0) is 14.1. The fourth-order valence-corrected chi connectivity index (χ4v) is 2.88. The highest BCUT2D eigenvalue weighted by Gasteiger charge is 2.23. The molecule has 0 amide bonds. The smallest absolute Gasteiger partial charge is 0.328 e. The predicted molar refractivity (Wildman–Crippen MR) is 80.8 cm³/mol. The molecule has 1 atom stereocenters. The lowest BCUT2D eigenvalue weighted by molar-refractivity contribution is -0.144. The average Bonchev–Trinajstić information content (AvgIpc) is 2.83. The molecule has 3 nitrogen and oxygen atoms in total. The summed E-state index contributed by atoms with van der Waals surface area (Å²) in [5, 5.41) is 2.34. The third-order valence-corrected chi connectivity index (χ3v) is 3.79. The number of methoxy groups -OCH3 is 1. The molecule has 2 aromatic carbocycles. The monoisotopic (exact) mass is 267 g/mol. The van der Waals surface area contributed by atoms with Gasteiger partial charge in [-0.2, -0.15) is 0 Å². The van der Waals surface area contributed by atoms with Crippen LogP contribution in [-0.4, -0.2) is 17.6 Å². The maximum Gasteiger partial charge on any atom is 0.328 e. The summed E-state index contributed by atoms with van der Waals surface area (Å²) in [5.74, 6) is -0.195. The highest BCUT2D eigenvalue weighted by Crippen LogP contribution is 2.32. The van der Waals surface area contributed by atoms with E-state index in [1.807, 2.05) is 31.2 Å². The first-order valence-electron chi connectivity index (χ1n) is 6.83. The average molecular weight is 267 g/mol. The number of carbonyl (C=O) groups is 1. The SMILES string of the molecule is CCC(C(=O)OC)n1c2ccccc2c2ccccc21. The van der Waals surface area contributed by atoms with Crippen molar-refractivity contribution < 1.29 is 9.53 Å². The maximum absolute atomic E-state index is 12.1. The van der Waals surface area contributed by atoms with Crippen molar-refractivity contribution in [2.24, 2.45) is 0 Å². The molecule has 0 saturated carbocycles. The van der Waals surface area contributed by atoms with Gasteiger partial charge in [-0.15, -0.1) is 0 Å². The van der Waals surface area contributed by atoms with Gasteiger partial charge in [-0.25, -0.2) is 4.79 Å². The minimum atomic E-state index is -0.287. The highest BCUT2D eigenvalue weighted by molar-refractivity contribution is 6.08. The Morgan fingerprint density at radius 1 is 1.05 bits per heavy atom. The Hall–Kier alpha value is -2.29. The van der Waals surface area contributed by atoms with Crippen LogP contribution in [0.3, 0.4) is 0 Å². The van der Waals surface area contributed by atoms with Gasteiger partial charge >= 0.3 is 5.97 Å². The Morgan fingerprint density at radius 3 is 2.00 bits per heavy atom. The second-order valence-corrected chi connectivity index (χ2v) is 4.85. The van der Waals surface area contributed by atoms with Crippen LogP contribution in [0.1, 0.15) is 19.4 Å². The molecule has 0 aliphatic heterocycles. The van der Waals surface area contributed by atoms with Crippen LogP contribution in [0.15, 0.2) is 48.5 Å². The van der Waals surface area contributed by atoms with Gasteiger partial charge in [0.1, 0.15) is 6.04 Å². The van der Waals surface area contributed by atoms with Crippen molar-refractivity contribution in [3.8, 4) is 0 Å². The number of para-hydroxylation sites is 2. The Bertz CT molecular complexity index is 720. The number of rotatable bonds is 3. The fraction of sp³-hybridized carbons (Fsp3) is 0.235. The van der Waals surface area contributed by atoms with Crippen molar-refractivity contribution in [2.75, 3.05) is 7.11 Å². The van der Waals surface area contributed by atoms with Crippen LogP contribution in [0, 0.1) is 0 Å². The van der Waals surface area contributed by atoms with Gasteiger partial charge in [0.2, 0.25) is 0 Å². The van der Waals surface area contributed by atoms with Crippen molar-refractivity contribution in [1.29, 1.82) is 0 Å². The number of carbonyl (C=O) groups excluding carboxylic acids is 1. The molecule has 0 fully saturated rings. The summed E-state index contributed by atoms with van der Waals surface area (Å²) in [6.07, 6.45) is 0.704. The van der Waals surface area contributed by atoms with Crippen molar-refractivity contribution in [1.82, 2.24) is 4.57 Å². The Morgan fingerprint density at radius 2 is 1.55 bits per heavy atom. The third kappa shape index (κ3) is 1.78. The van der Waals surface area contributed by atoms with E-state index < -0.39 is 0 Å². The van der Waals surface area contributed by atoms with E-state index in [1.54, 1.807) is 0 Å². The molecule has 0 spiro atoms. The van der Waals surface area contributed by atoms with Gasteiger partial charge in [0, 0.05) is 21.8 Å². The Balaban J connectivity index is 2.39. The first-order valence-corrected chi connectivity index (χ1v) is 6.83. The molecule has 3 rings (SSSR count). The molecule has 0 saturated heterocycles. The van der Waals surface area contributed by atoms with E-state index in [0.717, 1.165) is 11.0 Å². The number of benzene rings is 2. The first-order chi connectivity index (χ1) is 9.77. The van der Waals surface area contributed by atoms with Crippen LogP contribution >= 0.6 is 0 Å². The van der Waals surface area contributed by atoms with Gasteiger partial charge in [0.05, 0.1) is 7.11 Å². The molecule has 3 heteroatoms. The molecular formula is C17H17NO2. The third-order valence-electron chi connectivity index (χ3n) is 3.79. The van der Waals surface area contributed by atoms with Crippen molar-refractivity contribution >= 4 is 27.8 Å². The predicted octanol–water partition coefficient (Wildman–Crippen LogP) is 3.92. The van der Waals surface area contributed by atoms with Crippen LogP contribution < -0.4 is 0 Å². The lowest BCUT2D eigenvalue weighted by Gasteiger charge is -2.17. The summed E-state index contributed by atoms with van der Waals surface area (Å²) in [6.45, 7) is 2.01. The van der Waals surface area contributed by atoms with E-state index >= 15 is 0 Å². The molecular weight excluding hydrogens is 250 g/mol. The number of ether oxygens (including phenoxy) is 1. The zero-order valence-electron chi connectivity index (χ0n) is 11.7. The first kappa shape index (κ1) is 12.7.